The predicted molar refractivity (Wildman–Crippen MR) is 76.6 cm³/mol. The van der Waals surface area contributed by atoms with Crippen LogP contribution in [0.25, 0.3) is 0 Å². The number of halogens is 2. The van der Waals surface area contributed by atoms with Crippen LogP contribution in [-0.4, -0.2) is 12.5 Å². The summed E-state index contributed by atoms with van der Waals surface area (Å²) >= 11 is 0. The number of carbonyl (C=O) groups excluding carboxylic acids is 1. The molecule has 0 aromatic heterocycles. The number of carbonyl (C=O) groups is 1. The van der Waals surface area contributed by atoms with Gasteiger partial charge < -0.3 is 15.8 Å². The van der Waals surface area contributed by atoms with Gasteiger partial charge in [0, 0.05) is 11.3 Å². The summed E-state index contributed by atoms with van der Waals surface area (Å²) in [7, 11) is 0. The zero-order valence-corrected chi connectivity index (χ0v) is 11.3. The first kappa shape index (κ1) is 14.8. The molecule has 0 heterocycles. The zero-order valence-electron chi connectivity index (χ0n) is 11.3. The fourth-order valence-electron chi connectivity index (χ4n) is 1.90. The van der Waals surface area contributed by atoms with E-state index < -0.39 is 12.5 Å². The number of para-hydroxylation sites is 2. The number of aryl methyl sites for hydroxylation is 1. The van der Waals surface area contributed by atoms with E-state index in [1.54, 1.807) is 37.3 Å². The second-order valence-electron chi connectivity index (χ2n) is 4.40. The molecule has 6 heteroatoms. The van der Waals surface area contributed by atoms with Crippen LogP contribution in [0.5, 0.6) is 5.75 Å². The number of anilines is 2. The fourth-order valence-corrected chi connectivity index (χ4v) is 1.90. The molecular weight excluding hydrogens is 278 g/mol. The summed E-state index contributed by atoms with van der Waals surface area (Å²) in [5.74, 6) is -0.508. The molecule has 0 aliphatic heterocycles. The second kappa shape index (κ2) is 6.21. The smallest absolute Gasteiger partial charge is 0.387 e. The molecule has 1 amide bonds. The van der Waals surface area contributed by atoms with Gasteiger partial charge in [-0.25, -0.2) is 0 Å². The molecule has 0 fully saturated rings. The van der Waals surface area contributed by atoms with Crippen LogP contribution < -0.4 is 15.8 Å². The first-order valence-corrected chi connectivity index (χ1v) is 6.18. The number of amides is 1. The van der Waals surface area contributed by atoms with Gasteiger partial charge in [0.05, 0.1) is 5.69 Å². The van der Waals surface area contributed by atoms with E-state index in [4.69, 9.17) is 5.73 Å². The number of nitrogens with two attached hydrogens (primary N) is 1. The topological polar surface area (TPSA) is 64.4 Å². The standard InChI is InChI=1S/C15H14F2N2O2/c1-9-8-10(18)6-7-11(9)14(20)19-12-4-2-3-5-13(12)21-15(16)17/h2-8,15H,18H2,1H3,(H,19,20). The van der Waals surface area contributed by atoms with Crippen molar-refractivity contribution >= 4 is 17.3 Å². The third kappa shape index (κ3) is 3.68. The molecular formula is C15H14F2N2O2. The number of hydrogen-bond donors (Lipinski definition) is 2. The summed E-state index contributed by atoms with van der Waals surface area (Å²) in [5.41, 5.74) is 7.46. The molecule has 4 nitrogen and oxygen atoms in total. The van der Waals surface area contributed by atoms with Crippen molar-refractivity contribution < 1.29 is 18.3 Å². The molecule has 0 saturated heterocycles. The summed E-state index contributed by atoms with van der Waals surface area (Å²) in [6, 6.07) is 10.8. The monoisotopic (exact) mass is 292 g/mol. The predicted octanol–water partition coefficient (Wildman–Crippen LogP) is 3.43. The van der Waals surface area contributed by atoms with E-state index in [-0.39, 0.29) is 11.4 Å². The molecule has 21 heavy (non-hydrogen) atoms. The van der Waals surface area contributed by atoms with Gasteiger partial charge in [-0.15, -0.1) is 0 Å². The minimum absolute atomic E-state index is 0.0889. The van der Waals surface area contributed by atoms with Gasteiger partial charge in [0.15, 0.2) is 0 Å². The summed E-state index contributed by atoms with van der Waals surface area (Å²) in [6.45, 7) is -1.21. The Balaban J connectivity index is 2.23. The number of ether oxygens (including phenoxy) is 1. The minimum Gasteiger partial charge on any atom is -0.433 e. The molecule has 110 valence electrons. The van der Waals surface area contributed by atoms with Crippen LogP contribution >= 0.6 is 0 Å². The number of nitrogen functional groups attached to an aromatic ring is 1. The van der Waals surface area contributed by atoms with Crippen molar-refractivity contribution in [3.05, 3.63) is 53.6 Å². The number of rotatable bonds is 4. The summed E-state index contributed by atoms with van der Waals surface area (Å²) < 4.78 is 29.0. The first-order valence-electron chi connectivity index (χ1n) is 6.18. The third-order valence-corrected chi connectivity index (χ3v) is 2.85. The molecule has 0 saturated carbocycles. The van der Waals surface area contributed by atoms with Gasteiger partial charge in [-0.05, 0) is 42.8 Å². The van der Waals surface area contributed by atoms with Crippen molar-refractivity contribution in [1.29, 1.82) is 0 Å². The summed E-state index contributed by atoms with van der Waals surface area (Å²) in [5, 5.41) is 2.55. The third-order valence-electron chi connectivity index (χ3n) is 2.85. The second-order valence-corrected chi connectivity index (χ2v) is 4.40. The highest BCUT2D eigenvalue weighted by Crippen LogP contribution is 2.26. The number of benzene rings is 2. The molecule has 0 unspecified atom stereocenters. The van der Waals surface area contributed by atoms with Gasteiger partial charge in [-0.3, -0.25) is 4.79 Å². The Bertz CT molecular complexity index is 660. The molecule has 2 aromatic carbocycles. The molecule has 0 bridgehead atoms. The molecule has 2 rings (SSSR count). The Morgan fingerprint density at radius 3 is 2.62 bits per heavy atom. The van der Waals surface area contributed by atoms with Gasteiger partial charge in [0.1, 0.15) is 5.75 Å². The highest BCUT2D eigenvalue weighted by Gasteiger charge is 2.14. The Labute approximate surface area is 120 Å². The maximum absolute atomic E-state index is 12.3. The van der Waals surface area contributed by atoms with Gasteiger partial charge in [0.2, 0.25) is 0 Å². The van der Waals surface area contributed by atoms with Crippen molar-refractivity contribution in [3.63, 3.8) is 0 Å². The molecule has 0 aliphatic rings. The Hall–Kier alpha value is -2.63. The quantitative estimate of drug-likeness (QED) is 0.848. The van der Waals surface area contributed by atoms with E-state index in [0.29, 0.717) is 16.8 Å². The van der Waals surface area contributed by atoms with Crippen molar-refractivity contribution in [2.45, 2.75) is 13.5 Å². The lowest BCUT2D eigenvalue weighted by atomic mass is 10.1. The van der Waals surface area contributed by atoms with E-state index in [0.717, 1.165) is 0 Å². The Morgan fingerprint density at radius 2 is 1.95 bits per heavy atom. The lowest BCUT2D eigenvalue weighted by Crippen LogP contribution is -2.15. The SMILES string of the molecule is Cc1cc(N)ccc1C(=O)Nc1ccccc1OC(F)F. The van der Waals surface area contributed by atoms with Crippen LogP contribution in [0.1, 0.15) is 15.9 Å². The van der Waals surface area contributed by atoms with E-state index in [2.05, 4.69) is 10.1 Å². The van der Waals surface area contributed by atoms with Crippen LogP contribution in [0.4, 0.5) is 20.2 Å². The fraction of sp³-hybridized carbons (Fsp3) is 0.133. The largest absolute Gasteiger partial charge is 0.433 e. The van der Waals surface area contributed by atoms with E-state index in [1.807, 2.05) is 0 Å². The van der Waals surface area contributed by atoms with Crippen molar-refractivity contribution in [1.82, 2.24) is 0 Å². The molecule has 0 radical (unpaired) electrons. The Kier molecular flexibility index (Phi) is 4.37. The van der Waals surface area contributed by atoms with Crippen LogP contribution in [0, 0.1) is 6.92 Å². The lowest BCUT2D eigenvalue weighted by Gasteiger charge is -2.12. The maximum atomic E-state index is 12.3. The van der Waals surface area contributed by atoms with Crippen LogP contribution in [0.3, 0.4) is 0 Å². The number of nitrogens with one attached hydrogen (secondary N) is 1. The lowest BCUT2D eigenvalue weighted by molar-refractivity contribution is -0.0493. The van der Waals surface area contributed by atoms with Crippen molar-refractivity contribution in [2.75, 3.05) is 11.1 Å². The zero-order chi connectivity index (χ0) is 15.4. The van der Waals surface area contributed by atoms with Crippen LogP contribution in [0.2, 0.25) is 0 Å². The highest BCUT2D eigenvalue weighted by molar-refractivity contribution is 6.06. The van der Waals surface area contributed by atoms with Gasteiger partial charge in [-0.1, -0.05) is 12.1 Å². The van der Waals surface area contributed by atoms with E-state index >= 15 is 0 Å². The summed E-state index contributed by atoms with van der Waals surface area (Å²) in [4.78, 5) is 12.2. The average Bonchev–Trinajstić information content (AvgIpc) is 2.40. The molecule has 0 spiro atoms. The van der Waals surface area contributed by atoms with Gasteiger partial charge >= 0.3 is 6.61 Å². The van der Waals surface area contributed by atoms with Crippen molar-refractivity contribution in [2.24, 2.45) is 0 Å². The number of hydrogen-bond acceptors (Lipinski definition) is 3. The Morgan fingerprint density at radius 1 is 1.24 bits per heavy atom. The maximum Gasteiger partial charge on any atom is 0.387 e. The normalized spacial score (nSPS) is 10.5. The van der Waals surface area contributed by atoms with Crippen LogP contribution in [0.15, 0.2) is 42.5 Å². The van der Waals surface area contributed by atoms with Gasteiger partial charge in [0.25, 0.3) is 5.91 Å². The number of alkyl halides is 2. The van der Waals surface area contributed by atoms with E-state index in [1.165, 1.54) is 12.1 Å². The molecule has 0 atom stereocenters. The summed E-state index contributed by atoms with van der Waals surface area (Å²) in [6.07, 6.45) is 0. The highest BCUT2D eigenvalue weighted by atomic mass is 19.3. The minimum atomic E-state index is -2.96. The van der Waals surface area contributed by atoms with Gasteiger partial charge in [-0.2, -0.15) is 8.78 Å². The molecule has 3 N–H and O–H groups in total. The van der Waals surface area contributed by atoms with Crippen LogP contribution in [-0.2, 0) is 0 Å². The molecule has 2 aromatic rings. The first-order chi connectivity index (χ1) is 9.97. The molecule has 0 aliphatic carbocycles. The van der Waals surface area contributed by atoms with E-state index in [9.17, 15) is 13.6 Å². The average molecular weight is 292 g/mol. The van der Waals surface area contributed by atoms with Crippen molar-refractivity contribution in [3.8, 4) is 5.75 Å².